The molecule has 11 heteroatoms. The summed E-state index contributed by atoms with van der Waals surface area (Å²) < 4.78 is 24.4. The predicted molar refractivity (Wildman–Crippen MR) is 119 cm³/mol. The van der Waals surface area contributed by atoms with Crippen LogP contribution in [0.25, 0.3) is 21.3 Å². The minimum absolute atomic E-state index is 0.283. The summed E-state index contributed by atoms with van der Waals surface area (Å²) in [6.45, 7) is 2.91. The first-order chi connectivity index (χ1) is 15.0. The van der Waals surface area contributed by atoms with Gasteiger partial charge in [-0.05, 0) is 47.0 Å². The smallest absolute Gasteiger partial charge is 0.439 e. The van der Waals surface area contributed by atoms with E-state index in [1.165, 1.54) is 23.7 Å². The van der Waals surface area contributed by atoms with E-state index in [0.717, 1.165) is 10.4 Å². The third kappa shape index (κ3) is 5.00. The molecule has 0 spiro atoms. The van der Waals surface area contributed by atoms with Crippen molar-refractivity contribution in [2.75, 3.05) is 18.5 Å². The molecule has 0 aliphatic heterocycles. The van der Waals surface area contributed by atoms with Crippen LogP contribution < -0.4 is 15.8 Å². The summed E-state index contributed by atoms with van der Waals surface area (Å²) in [5.74, 6) is 0.613. The molecule has 2 N–H and O–H groups in total. The molecule has 4 rings (SSSR count). The number of thiophene rings is 1. The minimum atomic E-state index is -0.633. The van der Waals surface area contributed by atoms with Crippen molar-refractivity contribution < 1.29 is 13.7 Å². The summed E-state index contributed by atoms with van der Waals surface area (Å²) in [6.07, 6.45) is 2.11. The zero-order valence-corrected chi connectivity index (χ0v) is 18.7. The molecule has 31 heavy (non-hydrogen) atoms. The highest BCUT2D eigenvalue weighted by Gasteiger charge is 2.18. The predicted octanol–water partition coefficient (Wildman–Crippen LogP) is 4.50. The molecule has 0 aliphatic carbocycles. The largest absolute Gasteiger partial charge is 0.492 e. The Hall–Kier alpha value is -3.05. The van der Waals surface area contributed by atoms with E-state index in [9.17, 15) is 9.18 Å². The fraction of sp³-hybridized carbons (Fsp3) is 0.200. The van der Waals surface area contributed by atoms with Crippen molar-refractivity contribution >= 4 is 33.1 Å². The second-order valence-corrected chi connectivity index (χ2v) is 8.30. The van der Waals surface area contributed by atoms with Gasteiger partial charge in [0.1, 0.15) is 28.6 Å². The number of nitrogens with one attached hydrogen (secondary N) is 2. The number of nitrogens with zero attached hydrogens (tertiary/aromatic N) is 3. The molecule has 160 valence electrons. The number of H-pyrrole nitrogens is 1. The molecule has 0 atom stereocenters. The van der Waals surface area contributed by atoms with Crippen LogP contribution in [0.5, 0.6) is 5.75 Å². The number of ether oxygens (including phenoxy) is 1. The van der Waals surface area contributed by atoms with Gasteiger partial charge in [-0.15, -0.1) is 11.3 Å². The Balaban J connectivity index is 1.51. The summed E-state index contributed by atoms with van der Waals surface area (Å²) in [5, 5.41) is 6.98. The minimum Gasteiger partial charge on any atom is -0.492 e. The van der Waals surface area contributed by atoms with Crippen molar-refractivity contribution in [1.82, 2.24) is 20.1 Å². The molecule has 8 nitrogen and oxygen atoms in total. The van der Waals surface area contributed by atoms with Crippen LogP contribution in [-0.4, -0.2) is 33.3 Å². The number of aromatic nitrogens is 4. The Morgan fingerprint density at radius 1 is 1.29 bits per heavy atom. The normalized spacial score (nSPS) is 10.9. The van der Waals surface area contributed by atoms with E-state index < -0.39 is 5.76 Å². The third-order valence-electron chi connectivity index (χ3n) is 4.28. The maximum absolute atomic E-state index is 13.7. The lowest BCUT2D eigenvalue weighted by molar-refractivity contribution is 0.342. The summed E-state index contributed by atoms with van der Waals surface area (Å²) in [7, 11) is 0. The number of benzene rings is 1. The van der Waals surface area contributed by atoms with Crippen LogP contribution in [0.2, 0.25) is 0 Å². The molecule has 4 aromatic rings. The Morgan fingerprint density at radius 3 is 2.90 bits per heavy atom. The quantitative estimate of drug-likeness (QED) is 0.363. The van der Waals surface area contributed by atoms with Crippen molar-refractivity contribution in [3.05, 3.63) is 63.1 Å². The van der Waals surface area contributed by atoms with Crippen LogP contribution in [0.4, 0.5) is 10.2 Å². The lowest BCUT2D eigenvalue weighted by Crippen LogP contribution is -2.06. The number of halogens is 2. The standard InChI is InChI=1S/C20H17BrFN5O3S/c1-2-29-15-9-16(31-18(15)19-26-20(28)30-27-19)14-8-17(25-10-24-14)23-6-5-11-3-4-12(21)13(22)7-11/h3-4,7-10H,2,5-6H2,1H3,(H,23,24,25)(H,26,27,28). The number of rotatable bonds is 8. The topological polar surface area (TPSA) is 106 Å². The van der Waals surface area contributed by atoms with E-state index in [-0.39, 0.29) is 5.82 Å². The molecule has 0 aliphatic rings. The molecule has 0 saturated heterocycles. The van der Waals surface area contributed by atoms with Crippen LogP contribution in [0.3, 0.4) is 0 Å². The summed E-state index contributed by atoms with van der Waals surface area (Å²) in [4.78, 5) is 23.9. The van der Waals surface area contributed by atoms with Gasteiger partial charge in [-0.2, -0.15) is 0 Å². The lowest BCUT2D eigenvalue weighted by atomic mass is 10.1. The van der Waals surface area contributed by atoms with E-state index in [1.54, 1.807) is 6.07 Å². The molecule has 0 amide bonds. The van der Waals surface area contributed by atoms with Gasteiger partial charge in [-0.3, -0.25) is 9.51 Å². The van der Waals surface area contributed by atoms with Gasteiger partial charge in [0.05, 0.1) is 21.7 Å². The van der Waals surface area contributed by atoms with Crippen LogP contribution in [-0.2, 0) is 6.42 Å². The molecule has 1 aromatic carbocycles. The van der Waals surface area contributed by atoms with Crippen LogP contribution in [0, 0.1) is 5.82 Å². The Labute approximate surface area is 188 Å². The highest BCUT2D eigenvalue weighted by atomic mass is 79.9. The number of hydrogen-bond donors (Lipinski definition) is 2. The third-order valence-corrected chi connectivity index (χ3v) is 6.07. The van der Waals surface area contributed by atoms with Gasteiger partial charge in [0, 0.05) is 18.7 Å². The maximum atomic E-state index is 13.7. The van der Waals surface area contributed by atoms with Crippen molar-refractivity contribution in [1.29, 1.82) is 0 Å². The molecule has 3 aromatic heterocycles. The average Bonchev–Trinajstić information content (AvgIpc) is 3.37. The first-order valence-electron chi connectivity index (χ1n) is 9.36. The van der Waals surface area contributed by atoms with Crippen LogP contribution in [0.1, 0.15) is 12.5 Å². The zero-order valence-electron chi connectivity index (χ0n) is 16.3. The van der Waals surface area contributed by atoms with E-state index >= 15 is 0 Å². The molecule has 0 unspecified atom stereocenters. The second-order valence-electron chi connectivity index (χ2n) is 6.39. The molecule has 0 saturated carbocycles. The molecular formula is C20H17BrFN5O3S. The summed E-state index contributed by atoms with van der Waals surface area (Å²) in [5.41, 5.74) is 1.57. The van der Waals surface area contributed by atoms with Gasteiger partial charge in [-0.1, -0.05) is 11.2 Å². The van der Waals surface area contributed by atoms with Gasteiger partial charge in [0.2, 0.25) is 0 Å². The molecule has 3 heterocycles. The van der Waals surface area contributed by atoms with Gasteiger partial charge in [0.15, 0.2) is 5.82 Å². The molecule has 0 fully saturated rings. The fourth-order valence-corrected chi connectivity index (χ4v) is 4.13. The maximum Gasteiger partial charge on any atom is 0.439 e. The zero-order chi connectivity index (χ0) is 21.8. The van der Waals surface area contributed by atoms with E-state index in [1.807, 2.05) is 25.1 Å². The van der Waals surface area contributed by atoms with Crippen LogP contribution >= 0.6 is 27.3 Å². The van der Waals surface area contributed by atoms with Crippen molar-refractivity contribution in [3.8, 4) is 27.0 Å². The second kappa shape index (κ2) is 9.40. The van der Waals surface area contributed by atoms with E-state index in [4.69, 9.17) is 4.74 Å². The van der Waals surface area contributed by atoms with Gasteiger partial charge >= 0.3 is 5.76 Å². The number of hydrogen-bond acceptors (Lipinski definition) is 8. The van der Waals surface area contributed by atoms with E-state index in [2.05, 4.69) is 45.9 Å². The lowest BCUT2D eigenvalue weighted by Gasteiger charge is -2.07. The SMILES string of the molecule is CCOc1cc(-c2cc(NCCc3ccc(Br)c(F)c3)ncn2)sc1-c1noc(=O)[nH]1. The van der Waals surface area contributed by atoms with Crippen molar-refractivity contribution in [3.63, 3.8) is 0 Å². The summed E-state index contributed by atoms with van der Waals surface area (Å²) in [6, 6.07) is 8.73. The average molecular weight is 506 g/mol. The first-order valence-corrected chi connectivity index (χ1v) is 11.0. The van der Waals surface area contributed by atoms with Gasteiger partial charge in [0.25, 0.3) is 0 Å². The molecule has 0 bridgehead atoms. The fourth-order valence-electron chi connectivity index (χ4n) is 2.87. The number of anilines is 1. The Kier molecular flexibility index (Phi) is 6.42. The molecule has 0 radical (unpaired) electrons. The highest BCUT2D eigenvalue weighted by molar-refractivity contribution is 9.10. The number of aromatic amines is 1. The Bertz CT molecular complexity index is 1260. The Morgan fingerprint density at radius 2 is 2.16 bits per heavy atom. The van der Waals surface area contributed by atoms with Gasteiger partial charge < -0.3 is 10.1 Å². The van der Waals surface area contributed by atoms with Crippen LogP contribution in [0.15, 0.2) is 50.4 Å². The van der Waals surface area contributed by atoms with Crippen molar-refractivity contribution in [2.45, 2.75) is 13.3 Å². The van der Waals surface area contributed by atoms with Gasteiger partial charge in [-0.25, -0.2) is 19.2 Å². The van der Waals surface area contributed by atoms with Crippen molar-refractivity contribution in [2.24, 2.45) is 0 Å². The summed E-state index contributed by atoms with van der Waals surface area (Å²) >= 11 is 4.52. The van der Waals surface area contributed by atoms with E-state index in [0.29, 0.717) is 52.0 Å². The first kappa shape index (κ1) is 21.2. The monoisotopic (exact) mass is 505 g/mol. The molecular weight excluding hydrogens is 489 g/mol. The highest BCUT2D eigenvalue weighted by Crippen LogP contribution is 2.41.